The van der Waals surface area contributed by atoms with Crippen molar-refractivity contribution in [1.29, 1.82) is 0 Å². The van der Waals surface area contributed by atoms with Crippen LogP contribution in [0.4, 0.5) is 5.69 Å². The average molecular weight is 331 g/mol. The Morgan fingerprint density at radius 1 is 1.32 bits per heavy atom. The van der Waals surface area contributed by atoms with E-state index in [2.05, 4.69) is 15.6 Å². The minimum absolute atomic E-state index is 0.00343. The van der Waals surface area contributed by atoms with E-state index >= 15 is 0 Å². The number of benzene rings is 1. The van der Waals surface area contributed by atoms with Crippen LogP contribution in [-0.2, 0) is 4.79 Å². The number of non-ortho nitro benzene ring substituents is 1. The molecule has 0 aromatic heterocycles. The van der Waals surface area contributed by atoms with E-state index in [4.69, 9.17) is 9.47 Å². The number of nitro benzene ring substituents is 1. The van der Waals surface area contributed by atoms with E-state index in [1.54, 1.807) is 19.0 Å². The van der Waals surface area contributed by atoms with E-state index in [0.717, 1.165) is 6.07 Å². The second-order valence-corrected chi connectivity index (χ2v) is 4.48. The molecule has 0 radical (unpaired) electrons. The van der Waals surface area contributed by atoms with Gasteiger partial charge < -0.3 is 0 Å². The van der Waals surface area contributed by atoms with Gasteiger partial charge in [-0.25, -0.2) is 0 Å². The van der Waals surface area contributed by atoms with Crippen molar-refractivity contribution >= 4 is 32.0 Å². The van der Waals surface area contributed by atoms with Gasteiger partial charge in [-0.2, -0.15) is 0 Å². The first kappa shape index (κ1) is 15.1. The molecule has 0 saturated heterocycles. The van der Waals surface area contributed by atoms with Crippen molar-refractivity contribution in [3.05, 3.63) is 28.3 Å². The Labute approximate surface area is 117 Å². The van der Waals surface area contributed by atoms with Crippen LogP contribution in [0, 0.1) is 10.1 Å². The van der Waals surface area contributed by atoms with Crippen molar-refractivity contribution in [1.82, 2.24) is 4.90 Å². The molecule has 0 bridgehead atoms. The van der Waals surface area contributed by atoms with E-state index in [0.29, 0.717) is 4.73 Å². The number of ether oxygens (including phenoxy) is 2. The van der Waals surface area contributed by atoms with Crippen LogP contribution in [0.15, 0.2) is 18.2 Å². The summed E-state index contributed by atoms with van der Waals surface area (Å²) in [5.74, 6) is -0.378. The molecule has 8 heteroatoms. The number of carbonyl (C=O) groups excluding carboxylic acids is 1. The van der Waals surface area contributed by atoms with Crippen LogP contribution < -0.4 is 9.47 Å². The third-order valence-electron chi connectivity index (χ3n) is 1.95. The van der Waals surface area contributed by atoms with Crippen LogP contribution in [0.1, 0.15) is 6.92 Å². The van der Waals surface area contributed by atoms with E-state index < -0.39 is 10.9 Å². The first-order valence-electron chi connectivity index (χ1n) is 5.17. The Bertz CT molecular complexity index is 530. The Hall–Kier alpha value is -1.92. The van der Waals surface area contributed by atoms with Gasteiger partial charge in [-0.05, 0) is 0 Å². The summed E-state index contributed by atoms with van der Waals surface area (Å²) >= 11 is 2.69. The Morgan fingerprint density at radius 2 is 1.95 bits per heavy atom. The molecular weight excluding hydrogens is 319 g/mol. The first-order valence-corrected chi connectivity index (χ1v) is 6.03. The van der Waals surface area contributed by atoms with Gasteiger partial charge in [-0.1, -0.05) is 0 Å². The summed E-state index contributed by atoms with van der Waals surface area (Å²) in [5.41, 5.74) is -0.185. The molecule has 1 aromatic carbocycles. The van der Waals surface area contributed by atoms with Gasteiger partial charge in [0, 0.05) is 0 Å². The fourth-order valence-electron chi connectivity index (χ4n) is 1.11. The number of hydrogen-bond acceptors (Lipinski definition) is 6. The monoisotopic (exact) mass is 332 g/mol. The SMILES string of the molecule is CC(=O)Oc1cc([N+](=O)[O-])ccc1OC(=[Se])N(C)C. The summed E-state index contributed by atoms with van der Waals surface area (Å²) in [5, 5.41) is 10.7. The summed E-state index contributed by atoms with van der Waals surface area (Å²) in [6, 6.07) is 3.78. The van der Waals surface area contributed by atoms with Gasteiger partial charge in [0.2, 0.25) is 0 Å². The van der Waals surface area contributed by atoms with Crippen LogP contribution in [0.3, 0.4) is 0 Å². The van der Waals surface area contributed by atoms with Crippen LogP contribution in [0.2, 0.25) is 0 Å². The summed E-state index contributed by atoms with van der Waals surface area (Å²) in [6.45, 7) is 1.21. The van der Waals surface area contributed by atoms with E-state index in [1.807, 2.05) is 0 Å². The molecule has 102 valence electrons. The molecule has 0 atom stereocenters. The maximum absolute atomic E-state index is 11.0. The maximum atomic E-state index is 11.0. The second-order valence-electron chi connectivity index (χ2n) is 3.74. The van der Waals surface area contributed by atoms with Crippen LogP contribution in [-0.4, -0.2) is 50.2 Å². The molecule has 0 aliphatic heterocycles. The molecule has 0 aliphatic carbocycles. The van der Waals surface area contributed by atoms with E-state index in [-0.39, 0.29) is 17.2 Å². The Balaban J connectivity index is 3.11. The molecule has 0 amide bonds. The quantitative estimate of drug-likeness (QED) is 0.260. The molecule has 1 aromatic rings. The van der Waals surface area contributed by atoms with Gasteiger partial charge in [0.25, 0.3) is 0 Å². The average Bonchev–Trinajstić information content (AvgIpc) is 2.30. The predicted molar refractivity (Wildman–Crippen MR) is 69.5 cm³/mol. The second kappa shape index (κ2) is 6.31. The van der Waals surface area contributed by atoms with Crippen molar-refractivity contribution in [2.45, 2.75) is 6.92 Å². The van der Waals surface area contributed by atoms with Crippen molar-refractivity contribution in [3.63, 3.8) is 0 Å². The van der Waals surface area contributed by atoms with Crippen LogP contribution in [0.25, 0.3) is 0 Å². The van der Waals surface area contributed by atoms with E-state index in [9.17, 15) is 14.9 Å². The van der Waals surface area contributed by atoms with Gasteiger partial charge in [0.1, 0.15) is 0 Å². The number of hydrogen-bond donors (Lipinski definition) is 0. The molecule has 0 aliphatic rings. The van der Waals surface area contributed by atoms with E-state index in [1.165, 1.54) is 19.1 Å². The number of carbonyl (C=O) groups is 1. The molecule has 0 spiro atoms. The fourth-order valence-corrected chi connectivity index (χ4v) is 1.30. The Morgan fingerprint density at radius 3 is 2.42 bits per heavy atom. The zero-order chi connectivity index (χ0) is 14.6. The standard InChI is InChI=1S/C11H12N2O5Se/c1-7(14)17-10-6-8(13(15)16)4-5-9(10)18-11(19)12(2)3/h4-6H,1-3H3. The van der Waals surface area contributed by atoms with Gasteiger partial charge in [-0.15, -0.1) is 0 Å². The van der Waals surface area contributed by atoms with Gasteiger partial charge in [-0.3, -0.25) is 0 Å². The zero-order valence-electron chi connectivity index (χ0n) is 10.6. The summed E-state index contributed by atoms with van der Waals surface area (Å²) in [7, 11) is 3.51. The number of rotatable bonds is 5. The van der Waals surface area contributed by atoms with Crippen molar-refractivity contribution in [3.8, 4) is 11.5 Å². The van der Waals surface area contributed by atoms with Gasteiger partial charge in [0.05, 0.1) is 0 Å². The summed E-state index contributed by atoms with van der Waals surface area (Å²) in [4.78, 5) is 22.8. The number of nitro groups is 1. The molecule has 1 rings (SSSR count). The molecule has 0 N–H and O–H groups in total. The number of nitrogens with zero attached hydrogens (tertiary/aromatic N) is 2. The topological polar surface area (TPSA) is 81.9 Å². The summed E-state index contributed by atoms with van der Waals surface area (Å²) < 4.78 is 10.8. The minimum atomic E-state index is -0.586. The fraction of sp³-hybridized carbons (Fsp3) is 0.273. The van der Waals surface area contributed by atoms with Crippen molar-refractivity contribution in [2.24, 2.45) is 0 Å². The molecule has 0 heterocycles. The van der Waals surface area contributed by atoms with Crippen molar-refractivity contribution < 1.29 is 19.2 Å². The summed E-state index contributed by atoms with van der Waals surface area (Å²) in [6.07, 6.45) is 0. The van der Waals surface area contributed by atoms with Crippen molar-refractivity contribution in [2.75, 3.05) is 14.1 Å². The van der Waals surface area contributed by atoms with Gasteiger partial charge >= 0.3 is 117 Å². The first-order chi connectivity index (χ1) is 8.81. The van der Waals surface area contributed by atoms with Crippen LogP contribution >= 0.6 is 0 Å². The normalized spacial score (nSPS) is 9.63. The zero-order valence-corrected chi connectivity index (χ0v) is 12.3. The molecule has 0 unspecified atom stereocenters. The molecule has 7 nitrogen and oxygen atoms in total. The Kier molecular flexibility index (Phi) is 5.02. The van der Waals surface area contributed by atoms with Crippen LogP contribution in [0.5, 0.6) is 11.5 Å². The molecule has 0 saturated carbocycles. The third-order valence-corrected chi connectivity index (χ3v) is 2.90. The molecular formula is C11H12N2O5Se. The number of esters is 1. The third kappa shape index (κ3) is 4.35. The molecule has 0 fully saturated rings. The molecule has 19 heavy (non-hydrogen) atoms. The predicted octanol–water partition coefficient (Wildman–Crippen LogP) is 0.716. The van der Waals surface area contributed by atoms with Gasteiger partial charge in [0.15, 0.2) is 0 Å².